The summed E-state index contributed by atoms with van der Waals surface area (Å²) < 4.78 is 25.3. The second-order valence-corrected chi connectivity index (χ2v) is 8.35. The quantitative estimate of drug-likeness (QED) is 0.892. The van der Waals surface area contributed by atoms with E-state index >= 15 is 0 Å². The lowest BCUT2D eigenvalue weighted by Gasteiger charge is -2.30. The van der Waals surface area contributed by atoms with Crippen LogP contribution in [0.3, 0.4) is 0 Å². The number of sulfonamides is 1. The van der Waals surface area contributed by atoms with Crippen LogP contribution in [0.5, 0.6) is 0 Å². The van der Waals surface area contributed by atoms with Crippen molar-refractivity contribution in [3.05, 3.63) is 59.9 Å². The van der Waals surface area contributed by atoms with E-state index in [9.17, 15) is 13.2 Å². The first-order valence-electron chi connectivity index (χ1n) is 8.73. The van der Waals surface area contributed by atoms with Gasteiger partial charge in [0, 0.05) is 30.2 Å². The van der Waals surface area contributed by atoms with Crippen molar-refractivity contribution >= 4 is 21.6 Å². The van der Waals surface area contributed by atoms with Crippen molar-refractivity contribution < 1.29 is 13.2 Å². The van der Waals surface area contributed by atoms with Gasteiger partial charge in [-0.15, -0.1) is 0 Å². The average Bonchev–Trinajstić information content (AvgIpc) is 2.86. The predicted molar refractivity (Wildman–Crippen MR) is 101 cm³/mol. The summed E-state index contributed by atoms with van der Waals surface area (Å²) in [6.45, 7) is 0.690. The zero-order valence-corrected chi connectivity index (χ0v) is 15.6. The van der Waals surface area contributed by atoms with Crippen molar-refractivity contribution in [2.45, 2.75) is 31.7 Å². The molecule has 2 heterocycles. The van der Waals surface area contributed by atoms with Crippen LogP contribution in [-0.4, -0.2) is 37.0 Å². The number of nitrogens with zero attached hydrogens (tertiary/aromatic N) is 2. The van der Waals surface area contributed by atoms with E-state index in [-0.39, 0.29) is 11.9 Å². The Morgan fingerprint density at radius 3 is 2.65 bits per heavy atom. The van der Waals surface area contributed by atoms with E-state index in [2.05, 4.69) is 9.71 Å². The number of nitrogens with one attached hydrogen (secondary N) is 1. The van der Waals surface area contributed by atoms with Crippen molar-refractivity contribution in [1.82, 2.24) is 9.88 Å². The lowest BCUT2D eigenvalue weighted by atomic mass is 10.0. The molecule has 26 heavy (non-hydrogen) atoms. The molecule has 1 atom stereocenters. The SMILES string of the molecule is CS(=O)(=O)Nc1cccc(C(=O)N2CCCCCC2c2ccncc2)c1. The number of pyridine rings is 1. The molecule has 1 fully saturated rings. The van der Waals surface area contributed by atoms with E-state index in [1.165, 1.54) is 0 Å². The second kappa shape index (κ2) is 7.86. The van der Waals surface area contributed by atoms with E-state index < -0.39 is 10.0 Å². The highest BCUT2D eigenvalue weighted by atomic mass is 32.2. The Morgan fingerprint density at radius 2 is 1.92 bits per heavy atom. The van der Waals surface area contributed by atoms with Crippen LogP contribution in [0.1, 0.15) is 47.6 Å². The molecule has 6 nitrogen and oxygen atoms in total. The van der Waals surface area contributed by atoms with Gasteiger partial charge in [-0.1, -0.05) is 18.9 Å². The number of anilines is 1. The smallest absolute Gasteiger partial charge is 0.254 e. The van der Waals surface area contributed by atoms with Crippen molar-refractivity contribution in [1.29, 1.82) is 0 Å². The van der Waals surface area contributed by atoms with Gasteiger partial charge in [0.25, 0.3) is 5.91 Å². The fourth-order valence-corrected chi connectivity index (χ4v) is 3.93. The van der Waals surface area contributed by atoms with Crippen LogP contribution in [0.15, 0.2) is 48.8 Å². The number of aromatic nitrogens is 1. The molecular formula is C19H23N3O3S. The maximum Gasteiger partial charge on any atom is 0.254 e. The Kier molecular flexibility index (Phi) is 5.56. The molecule has 1 aromatic heterocycles. The molecule has 1 aliphatic heterocycles. The van der Waals surface area contributed by atoms with Gasteiger partial charge in [-0.25, -0.2) is 8.42 Å². The Morgan fingerprint density at radius 1 is 1.15 bits per heavy atom. The first-order chi connectivity index (χ1) is 12.4. The molecule has 2 aromatic rings. The van der Waals surface area contributed by atoms with E-state index in [4.69, 9.17) is 0 Å². The highest BCUT2D eigenvalue weighted by Crippen LogP contribution is 2.31. The fraction of sp³-hybridized carbons (Fsp3) is 0.368. The maximum atomic E-state index is 13.2. The number of hydrogen-bond donors (Lipinski definition) is 1. The van der Waals surface area contributed by atoms with Gasteiger partial charge in [-0.3, -0.25) is 14.5 Å². The molecule has 1 aliphatic rings. The standard InChI is InChI=1S/C19H23N3O3S/c1-26(24,25)21-17-7-5-6-16(14-17)19(23)22-13-4-2-3-8-18(22)15-9-11-20-12-10-15/h5-7,9-12,14,18,21H,2-4,8,13H2,1H3. The van der Waals surface area contributed by atoms with E-state index in [1.54, 1.807) is 36.7 Å². The van der Waals surface area contributed by atoms with Crippen molar-refractivity contribution in [2.24, 2.45) is 0 Å². The minimum Gasteiger partial charge on any atom is -0.332 e. The maximum absolute atomic E-state index is 13.2. The van der Waals surface area contributed by atoms with Crippen LogP contribution in [-0.2, 0) is 10.0 Å². The van der Waals surface area contributed by atoms with Crippen LogP contribution in [0.25, 0.3) is 0 Å². The van der Waals surface area contributed by atoms with Crippen LogP contribution in [0, 0.1) is 0 Å². The average molecular weight is 373 g/mol. The minimum atomic E-state index is -3.39. The molecule has 1 saturated heterocycles. The number of amides is 1. The summed E-state index contributed by atoms with van der Waals surface area (Å²) in [5.41, 5.74) is 1.97. The predicted octanol–water partition coefficient (Wildman–Crippen LogP) is 3.21. The summed E-state index contributed by atoms with van der Waals surface area (Å²) in [6, 6.07) is 10.6. The van der Waals surface area contributed by atoms with Gasteiger partial charge < -0.3 is 4.90 Å². The molecule has 0 spiro atoms. The zero-order chi connectivity index (χ0) is 18.6. The molecule has 1 aromatic carbocycles. The summed E-state index contributed by atoms with van der Waals surface area (Å²) in [7, 11) is -3.39. The summed E-state index contributed by atoms with van der Waals surface area (Å²) in [5, 5.41) is 0. The van der Waals surface area contributed by atoms with Crippen LogP contribution >= 0.6 is 0 Å². The normalized spacial score (nSPS) is 18.2. The number of carbonyl (C=O) groups is 1. The van der Waals surface area contributed by atoms with E-state index in [0.29, 0.717) is 17.8 Å². The number of likely N-dealkylation sites (tertiary alicyclic amines) is 1. The van der Waals surface area contributed by atoms with Gasteiger partial charge in [-0.2, -0.15) is 0 Å². The summed E-state index contributed by atoms with van der Waals surface area (Å²) >= 11 is 0. The molecule has 1 N–H and O–H groups in total. The molecule has 0 radical (unpaired) electrons. The Hall–Kier alpha value is -2.41. The molecule has 0 aliphatic carbocycles. The molecule has 1 amide bonds. The van der Waals surface area contributed by atoms with Crippen LogP contribution < -0.4 is 4.72 Å². The van der Waals surface area contributed by atoms with Crippen molar-refractivity contribution in [2.75, 3.05) is 17.5 Å². The minimum absolute atomic E-state index is 0.0134. The third-order valence-electron chi connectivity index (χ3n) is 4.52. The lowest BCUT2D eigenvalue weighted by molar-refractivity contribution is 0.0681. The van der Waals surface area contributed by atoms with E-state index in [0.717, 1.165) is 37.5 Å². The molecule has 7 heteroatoms. The molecule has 0 saturated carbocycles. The second-order valence-electron chi connectivity index (χ2n) is 6.60. The Balaban J connectivity index is 1.90. The summed E-state index contributed by atoms with van der Waals surface area (Å²) in [4.78, 5) is 19.2. The van der Waals surface area contributed by atoms with Crippen LogP contribution in [0.4, 0.5) is 5.69 Å². The Labute approximate surface area is 154 Å². The number of hydrogen-bond acceptors (Lipinski definition) is 4. The van der Waals surface area contributed by atoms with Gasteiger partial charge >= 0.3 is 0 Å². The molecular weight excluding hydrogens is 350 g/mol. The molecule has 0 bridgehead atoms. The Bertz CT molecular complexity index is 869. The molecule has 138 valence electrons. The lowest BCUT2D eigenvalue weighted by Crippen LogP contribution is -2.34. The van der Waals surface area contributed by atoms with Gasteiger partial charge in [0.15, 0.2) is 0 Å². The largest absolute Gasteiger partial charge is 0.332 e. The van der Waals surface area contributed by atoms with Gasteiger partial charge in [0.1, 0.15) is 0 Å². The topological polar surface area (TPSA) is 79.4 Å². The molecule has 1 unspecified atom stereocenters. The summed E-state index contributed by atoms with van der Waals surface area (Å²) in [5.74, 6) is -0.0779. The number of rotatable bonds is 4. The van der Waals surface area contributed by atoms with Crippen molar-refractivity contribution in [3.8, 4) is 0 Å². The third kappa shape index (κ3) is 4.60. The third-order valence-corrected chi connectivity index (χ3v) is 5.12. The van der Waals surface area contributed by atoms with Gasteiger partial charge in [0.2, 0.25) is 10.0 Å². The summed E-state index contributed by atoms with van der Waals surface area (Å²) in [6.07, 6.45) is 8.65. The first-order valence-corrected chi connectivity index (χ1v) is 10.6. The van der Waals surface area contributed by atoms with Crippen molar-refractivity contribution in [3.63, 3.8) is 0 Å². The van der Waals surface area contributed by atoms with Crippen LogP contribution in [0.2, 0.25) is 0 Å². The monoisotopic (exact) mass is 373 g/mol. The first kappa shape index (κ1) is 18.4. The molecule has 3 rings (SSSR count). The number of benzene rings is 1. The van der Waals surface area contributed by atoms with Gasteiger partial charge in [-0.05, 0) is 48.7 Å². The van der Waals surface area contributed by atoms with Gasteiger partial charge in [0.05, 0.1) is 12.3 Å². The van der Waals surface area contributed by atoms with E-state index in [1.807, 2.05) is 17.0 Å². The zero-order valence-electron chi connectivity index (χ0n) is 14.8. The number of carbonyl (C=O) groups excluding carboxylic acids is 1. The fourth-order valence-electron chi connectivity index (χ4n) is 3.38. The highest BCUT2D eigenvalue weighted by molar-refractivity contribution is 7.92. The highest BCUT2D eigenvalue weighted by Gasteiger charge is 2.27.